The molecular formula is C25H28N8OSi. The molecule has 0 aromatic carbocycles. The third-order valence-corrected chi connectivity index (χ3v) is 6.41. The molecule has 0 aliphatic carbocycles. The van der Waals surface area contributed by atoms with Crippen LogP contribution in [0.25, 0.3) is 11.4 Å². The number of hydrogen-bond donors (Lipinski definition) is 2. The van der Waals surface area contributed by atoms with Gasteiger partial charge in [-0.05, 0) is 31.9 Å². The lowest BCUT2D eigenvalue weighted by atomic mass is 10.1. The van der Waals surface area contributed by atoms with Gasteiger partial charge in [-0.25, -0.2) is 4.98 Å². The predicted octanol–water partition coefficient (Wildman–Crippen LogP) is 4.87. The number of H-pyrrole nitrogens is 1. The van der Waals surface area contributed by atoms with E-state index in [1.54, 1.807) is 6.20 Å². The average molecular weight is 485 g/mol. The van der Waals surface area contributed by atoms with Crippen LogP contribution in [0.15, 0.2) is 47.1 Å². The summed E-state index contributed by atoms with van der Waals surface area (Å²) in [5.41, 5.74) is 6.57. The molecule has 5 heterocycles. The fourth-order valence-corrected chi connectivity index (χ4v) is 4.44. The van der Waals surface area contributed by atoms with Gasteiger partial charge in [0, 0.05) is 36.6 Å². The Labute approximate surface area is 205 Å². The Kier molecular flexibility index (Phi) is 6.09. The Hall–Kier alpha value is -3.97. The van der Waals surface area contributed by atoms with Gasteiger partial charge in [0.15, 0.2) is 11.6 Å². The summed E-state index contributed by atoms with van der Waals surface area (Å²) >= 11 is 0. The van der Waals surface area contributed by atoms with Crippen molar-refractivity contribution in [2.24, 2.45) is 0 Å². The molecule has 35 heavy (non-hydrogen) atoms. The van der Waals surface area contributed by atoms with Crippen molar-refractivity contribution in [2.45, 2.75) is 45.4 Å². The van der Waals surface area contributed by atoms with Gasteiger partial charge in [0.25, 0.3) is 0 Å². The highest BCUT2D eigenvalue weighted by Gasteiger charge is 2.32. The predicted molar refractivity (Wildman–Crippen MR) is 138 cm³/mol. The maximum Gasteiger partial charge on any atom is 0.229 e. The standard InChI is InChI=1S/C25H28N8OSi/c1-17-14-24(31-30-17)28-23-15-18(10-13-35(2,3)4)27-25(29-23)33-12-7-9-21(33)22-16-20(32-34-22)19-8-5-6-11-26-19/h5-6,8,11,14-16,21H,7,9,12H2,1-4H3,(H2,27,28,29,30,31). The minimum atomic E-state index is -1.57. The van der Waals surface area contributed by atoms with E-state index in [0.717, 1.165) is 42.2 Å². The van der Waals surface area contributed by atoms with Gasteiger partial charge < -0.3 is 14.7 Å². The monoisotopic (exact) mass is 484 g/mol. The van der Waals surface area contributed by atoms with Gasteiger partial charge in [-0.3, -0.25) is 10.1 Å². The third-order valence-electron chi connectivity index (χ3n) is 5.54. The van der Waals surface area contributed by atoms with E-state index in [4.69, 9.17) is 14.5 Å². The van der Waals surface area contributed by atoms with Crippen LogP contribution in [-0.2, 0) is 0 Å². The molecule has 2 N–H and O–H groups in total. The molecule has 10 heteroatoms. The maximum absolute atomic E-state index is 5.77. The lowest BCUT2D eigenvalue weighted by Gasteiger charge is -2.23. The van der Waals surface area contributed by atoms with E-state index in [9.17, 15) is 0 Å². The van der Waals surface area contributed by atoms with Gasteiger partial charge in [0.1, 0.15) is 25.3 Å². The molecule has 1 atom stereocenters. The van der Waals surface area contributed by atoms with Crippen molar-refractivity contribution in [2.75, 3.05) is 16.8 Å². The molecule has 0 bridgehead atoms. The van der Waals surface area contributed by atoms with E-state index in [0.29, 0.717) is 23.3 Å². The molecule has 4 aromatic rings. The van der Waals surface area contributed by atoms with Crippen LogP contribution in [-0.4, -0.2) is 44.9 Å². The molecular weight excluding hydrogens is 456 g/mol. The number of rotatable bonds is 5. The van der Waals surface area contributed by atoms with E-state index in [1.807, 2.05) is 43.3 Å². The minimum Gasteiger partial charge on any atom is -0.358 e. The summed E-state index contributed by atoms with van der Waals surface area (Å²) in [5, 5.41) is 14.8. The Morgan fingerprint density at radius 3 is 2.74 bits per heavy atom. The number of aromatic nitrogens is 6. The van der Waals surface area contributed by atoms with Crippen molar-refractivity contribution in [3.8, 4) is 22.9 Å². The van der Waals surface area contributed by atoms with Crippen LogP contribution in [0.5, 0.6) is 0 Å². The summed E-state index contributed by atoms with van der Waals surface area (Å²) in [6.45, 7) is 9.42. The third kappa shape index (κ3) is 5.41. The first-order valence-electron chi connectivity index (χ1n) is 11.7. The molecule has 178 valence electrons. The Morgan fingerprint density at radius 1 is 1.11 bits per heavy atom. The van der Waals surface area contributed by atoms with Gasteiger partial charge in [-0.1, -0.05) is 36.8 Å². The van der Waals surface area contributed by atoms with Crippen LogP contribution in [0, 0.1) is 18.4 Å². The summed E-state index contributed by atoms with van der Waals surface area (Å²) in [5.74, 6) is 6.02. The highest BCUT2D eigenvalue weighted by molar-refractivity contribution is 6.83. The summed E-state index contributed by atoms with van der Waals surface area (Å²) < 4.78 is 5.77. The second kappa shape index (κ2) is 9.35. The number of nitrogens with one attached hydrogen (secondary N) is 2. The molecule has 1 unspecified atom stereocenters. The van der Waals surface area contributed by atoms with Crippen LogP contribution in [0.2, 0.25) is 19.6 Å². The molecule has 0 spiro atoms. The highest BCUT2D eigenvalue weighted by Crippen LogP contribution is 2.36. The van der Waals surface area contributed by atoms with Gasteiger partial charge in [0.2, 0.25) is 5.95 Å². The zero-order chi connectivity index (χ0) is 24.4. The van der Waals surface area contributed by atoms with Crippen LogP contribution in [0.4, 0.5) is 17.6 Å². The fourth-order valence-electron chi connectivity index (χ4n) is 3.94. The van der Waals surface area contributed by atoms with Gasteiger partial charge in [-0.2, -0.15) is 10.1 Å². The summed E-state index contributed by atoms with van der Waals surface area (Å²) in [6.07, 6.45) is 3.67. The van der Waals surface area contributed by atoms with Crippen LogP contribution in [0.3, 0.4) is 0 Å². The zero-order valence-corrected chi connectivity index (χ0v) is 21.3. The zero-order valence-electron chi connectivity index (χ0n) is 20.3. The molecule has 1 aliphatic rings. The molecule has 0 amide bonds. The number of pyridine rings is 1. The summed E-state index contributed by atoms with van der Waals surface area (Å²) in [6, 6.07) is 11.5. The molecule has 1 fully saturated rings. The van der Waals surface area contributed by atoms with Crippen molar-refractivity contribution in [1.82, 2.24) is 30.3 Å². The van der Waals surface area contributed by atoms with Gasteiger partial charge >= 0.3 is 0 Å². The number of hydrogen-bond acceptors (Lipinski definition) is 8. The highest BCUT2D eigenvalue weighted by atomic mass is 28.3. The van der Waals surface area contributed by atoms with Crippen molar-refractivity contribution in [3.05, 3.63) is 59.7 Å². The number of aryl methyl sites for hydroxylation is 1. The molecule has 4 aromatic heterocycles. The first kappa shape index (κ1) is 22.8. The normalized spacial score (nSPS) is 15.7. The average Bonchev–Trinajstić information content (AvgIpc) is 3.58. The summed E-state index contributed by atoms with van der Waals surface area (Å²) in [7, 11) is -1.57. The fraction of sp³-hybridized carbons (Fsp3) is 0.320. The molecule has 0 radical (unpaired) electrons. The SMILES string of the molecule is Cc1cc(Nc2cc(C#C[Si](C)(C)C)nc(N3CCCC3c3cc(-c4ccccn4)no3)n2)n[nH]1. The van der Waals surface area contributed by atoms with E-state index >= 15 is 0 Å². The Balaban J connectivity index is 1.48. The van der Waals surface area contributed by atoms with Gasteiger partial charge in [0.05, 0.1) is 11.7 Å². The number of aromatic amines is 1. The lowest BCUT2D eigenvalue weighted by molar-refractivity contribution is 0.362. The molecule has 0 saturated carbocycles. The quantitative estimate of drug-likeness (QED) is 0.305. The van der Waals surface area contributed by atoms with Gasteiger partial charge in [-0.15, -0.1) is 5.54 Å². The topological polar surface area (TPSA) is 109 Å². The Morgan fingerprint density at radius 2 is 2.00 bits per heavy atom. The molecule has 9 nitrogen and oxygen atoms in total. The molecule has 5 rings (SSSR count). The van der Waals surface area contributed by atoms with E-state index < -0.39 is 8.07 Å². The first-order valence-corrected chi connectivity index (χ1v) is 15.2. The van der Waals surface area contributed by atoms with Crippen LogP contribution < -0.4 is 10.2 Å². The van der Waals surface area contributed by atoms with E-state index in [1.165, 1.54) is 0 Å². The minimum absolute atomic E-state index is 0.0133. The van der Waals surface area contributed by atoms with E-state index in [2.05, 4.69) is 61.7 Å². The molecule has 1 saturated heterocycles. The lowest BCUT2D eigenvalue weighted by Crippen LogP contribution is -2.25. The van der Waals surface area contributed by atoms with Crippen molar-refractivity contribution in [1.29, 1.82) is 0 Å². The Bertz CT molecular complexity index is 1380. The second-order valence-corrected chi connectivity index (χ2v) is 14.4. The summed E-state index contributed by atoms with van der Waals surface area (Å²) in [4.78, 5) is 16.2. The number of nitrogens with zero attached hydrogens (tertiary/aromatic N) is 6. The molecule has 1 aliphatic heterocycles. The van der Waals surface area contributed by atoms with Crippen molar-refractivity contribution >= 4 is 25.7 Å². The van der Waals surface area contributed by atoms with Crippen LogP contribution >= 0.6 is 0 Å². The number of anilines is 3. The maximum atomic E-state index is 5.77. The first-order chi connectivity index (χ1) is 16.8. The second-order valence-electron chi connectivity index (χ2n) is 9.68. The van der Waals surface area contributed by atoms with Crippen molar-refractivity contribution in [3.63, 3.8) is 0 Å². The smallest absolute Gasteiger partial charge is 0.229 e. The van der Waals surface area contributed by atoms with E-state index in [-0.39, 0.29) is 6.04 Å². The largest absolute Gasteiger partial charge is 0.358 e. The van der Waals surface area contributed by atoms with Crippen LogP contribution in [0.1, 0.15) is 36.0 Å². The van der Waals surface area contributed by atoms with Crippen molar-refractivity contribution < 1.29 is 4.52 Å².